The third-order valence-electron chi connectivity index (χ3n) is 4.84. The van der Waals surface area contributed by atoms with Crippen LogP contribution in [0.1, 0.15) is 29.2 Å². The number of ether oxygens (including phenoxy) is 1. The SMILES string of the molecule is N#Cc1ccccc1OCCN(CCCO)C(c1ccccc1)c1ccccc1. The van der Waals surface area contributed by atoms with Crippen molar-refractivity contribution >= 4 is 0 Å². The van der Waals surface area contributed by atoms with Crippen LogP contribution in [0.2, 0.25) is 0 Å². The zero-order valence-electron chi connectivity index (χ0n) is 16.4. The molecule has 0 radical (unpaired) electrons. The molecular weight excluding hydrogens is 360 g/mol. The van der Waals surface area contributed by atoms with Crippen LogP contribution < -0.4 is 4.74 Å². The summed E-state index contributed by atoms with van der Waals surface area (Å²) in [6.07, 6.45) is 0.685. The summed E-state index contributed by atoms with van der Waals surface area (Å²) < 4.78 is 5.93. The first kappa shape index (κ1) is 20.6. The van der Waals surface area contributed by atoms with Crippen LogP contribution in [0.25, 0.3) is 0 Å². The molecule has 4 nitrogen and oxygen atoms in total. The van der Waals surface area contributed by atoms with Gasteiger partial charge in [0, 0.05) is 19.7 Å². The highest BCUT2D eigenvalue weighted by Gasteiger charge is 2.22. The van der Waals surface area contributed by atoms with E-state index in [2.05, 4.69) is 59.5 Å². The van der Waals surface area contributed by atoms with Gasteiger partial charge in [-0.15, -0.1) is 0 Å². The van der Waals surface area contributed by atoms with Gasteiger partial charge in [0.15, 0.2) is 0 Å². The fourth-order valence-electron chi connectivity index (χ4n) is 3.49. The first-order chi connectivity index (χ1) is 14.3. The van der Waals surface area contributed by atoms with E-state index >= 15 is 0 Å². The van der Waals surface area contributed by atoms with Crippen LogP contribution >= 0.6 is 0 Å². The van der Waals surface area contributed by atoms with Crippen molar-refractivity contribution in [3.63, 3.8) is 0 Å². The molecule has 1 N–H and O–H groups in total. The molecule has 0 aliphatic heterocycles. The number of aliphatic hydroxyl groups excluding tert-OH is 1. The minimum atomic E-state index is 0.0683. The van der Waals surface area contributed by atoms with Crippen LogP contribution in [0.4, 0.5) is 0 Å². The number of para-hydroxylation sites is 1. The predicted octanol–water partition coefficient (Wildman–Crippen LogP) is 4.41. The number of nitrogens with zero attached hydrogens (tertiary/aromatic N) is 2. The van der Waals surface area contributed by atoms with Crippen LogP contribution in [-0.2, 0) is 0 Å². The number of nitriles is 1. The highest BCUT2D eigenvalue weighted by atomic mass is 16.5. The maximum atomic E-state index is 9.42. The van der Waals surface area contributed by atoms with Crippen molar-refractivity contribution < 1.29 is 9.84 Å². The van der Waals surface area contributed by atoms with Gasteiger partial charge in [-0.1, -0.05) is 72.8 Å². The van der Waals surface area contributed by atoms with Crippen molar-refractivity contribution in [1.29, 1.82) is 5.26 Å². The van der Waals surface area contributed by atoms with Gasteiger partial charge in [-0.2, -0.15) is 5.26 Å². The highest BCUT2D eigenvalue weighted by Crippen LogP contribution is 2.28. The molecule has 0 fully saturated rings. The molecule has 3 aromatic carbocycles. The summed E-state index contributed by atoms with van der Waals surface area (Å²) >= 11 is 0. The van der Waals surface area contributed by atoms with E-state index in [1.54, 1.807) is 6.07 Å². The van der Waals surface area contributed by atoms with Gasteiger partial charge < -0.3 is 9.84 Å². The molecule has 0 saturated carbocycles. The molecular formula is C25H26N2O2. The monoisotopic (exact) mass is 386 g/mol. The Morgan fingerprint density at radius 1 is 0.828 bits per heavy atom. The molecule has 3 rings (SSSR count). The van der Waals surface area contributed by atoms with Crippen LogP contribution in [0, 0.1) is 11.3 Å². The fraction of sp³-hybridized carbons (Fsp3) is 0.240. The summed E-state index contributed by atoms with van der Waals surface area (Å²) in [5.74, 6) is 0.605. The number of aliphatic hydroxyl groups is 1. The van der Waals surface area contributed by atoms with Crippen LogP contribution in [0.5, 0.6) is 5.75 Å². The van der Waals surface area contributed by atoms with Gasteiger partial charge in [0.25, 0.3) is 0 Å². The molecule has 148 valence electrons. The average molecular weight is 386 g/mol. The molecule has 0 unspecified atom stereocenters. The van der Waals surface area contributed by atoms with Gasteiger partial charge in [0.1, 0.15) is 18.4 Å². The molecule has 0 spiro atoms. The second-order valence-corrected chi connectivity index (χ2v) is 6.79. The maximum absolute atomic E-state index is 9.42. The molecule has 0 aromatic heterocycles. The lowest BCUT2D eigenvalue weighted by Crippen LogP contribution is -2.34. The molecule has 0 saturated heterocycles. The van der Waals surface area contributed by atoms with Crippen molar-refractivity contribution in [1.82, 2.24) is 4.90 Å². The van der Waals surface area contributed by atoms with Crippen LogP contribution in [0.3, 0.4) is 0 Å². The molecule has 0 amide bonds. The standard InChI is InChI=1S/C25H26N2O2/c26-20-23-14-7-8-15-24(23)29-19-17-27(16-9-18-28)25(21-10-3-1-4-11-21)22-12-5-2-6-13-22/h1-8,10-15,25,28H,9,16-19H2. The van der Waals surface area contributed by atoms with Crippen molar-refractivity contribution in [2.45, 2.75) is 12.5 Å². The Kier molecular flexibility index (Phi) is 7.82. The summed E-state index contributed by atoms with van der Waals surface area (Å²) in [5.41, 5.74) is 2.94. The maximum Gasteiger partial charge on any atom is 0.137 e. The Morgan fingerprint density at radius 2 is 1.41 bits per heavy atom. The second-order valence-electron chi connectivity index (χ2n) is 6.79. The van der Waals surface area contributed by atoms with E-state index in [4.69, 9.17) is 4.74 Å². The molecule has 0 aliphatic rings. The van der Waals surface area contributed by atoms with E-state index in [9.17, 15) is 10.4 Å². The molecule has 0 heterocycles. The quantitative estimate of drug-likeness (QED) is 0.561. The lowest BCUT2D eigenvalue weighted by Gasteiger charge is -2.32. The minimum Gasteiger partial charge on any atom is -0.491 e. The fourth-order valence-corrected chi connectivity index (χ4v) is 3.49. The first-order valence-electron chi connectivity index (χ1n) is 9.90. The third kappa shape index (κ3) is 5.68. The van der Waals surface area contributed by atoms with Gasteiger partial charge in [-0.25, -0.2) is 0 Å². The number of hydrogen-bond donors (Lipinski definition) is 1. The van der Waals surface area contributed by atoms with Crippen molar-refractivity contribution in [2.24, 2.45) is 0 Å². The molecule has 4 heteroatoms. The number of benzene rings is 3. The van der Waals surface area contributed by atoms with E-state index in [1.165, 1.54) is 11.1 Å². The summed E-state index contributed by atoms with van der Waals surface area (Å²) in [6, 6.07) is 30.3. The van der Waals surface area contributed by atoms with Gasteiger partial charge in [-0.05, 0) is 29.7 Å². The summed E-state index contributed by atoms with van der Waals surface area (Å²) in [7, 11) is 0. The lowest BCUT2D eigenvalue weighted by atomic mass is 9.97. The first-order valence-corrected chi connectivity index (χ1v) is 9.90. The van der Waals surface area contributed by atoms with E-state index < -0.39 is 0 Å². The van der Waals surface area contributed by atoms with Gasteiger partial charge in [-0.3, -0.25) is 4.90 Å². The average Bonchev–Trinajstić information content (AvgIpc) is 2.79. The van der Waals surface area contributed by atoms with Crippen molar-refractivity contribution in [3.05, 3.63) is 102 Å². The Bertz CT molecular complexity index is 867. The van der Waals surface area contributed by atoms with Gasteiger partial charge in [0.05, 0.1) is 11.6 Å². The summed E-state index contributed by atoms with van der Waals surface area (Å²) in [6.45, 7) is 2.02. The molecule has 0 aliphatic carbocycles. The van der Waals surface area contributed by atoms with Crippen LogP contribution in [0.15, 0.2) is 84.9 Å². The number of rotatable bonds is 10. The Morgan fingerprint density at radius 3 is 2.00 bits per heavy atom. The highest BCUT2D eigenvalue weighted by molar-refractivity contribution is 5.42. The van der Waals surface area contributed by atoms with Crippen molar-refractivity contribution in [3.8, 4) is 11.8 Å². The normalized spacial score (nSPS) is 10.8. The largest absolute Gasteiger partial charge is 0.491 e. The Labute approximate surface area is 172 Å². The smallest absolute Gasteiger partial charge is 0.137 e. The van der Waals surface area contributed by atoms with Crippen molar-refractivity contribution in [2.75, 3.05) is 26.3 Å². The molecule has 3 aromatic rings. The predicted molar refractivity (Wildman–Crippen MR) is 115 cm³/mol. The van der Waals surface area contributed by atoms with Gasteiger partial charge in [0.2, 0.25) is 0 Å². The van der Waals surface area contributed by atoms with E-state index in [1.807, 2.05) is 30.3 Å². The third-order valence-corrected chi connectivity index (χ3v) is 4.84. The Hall–Kier alpha value is -3.13. The summed E-state index contributed by atoms with van der Waals surface area (Å²) in [4.78, 5) is 2.33. The second kappa shape index (κ2) is 11.0. The molecule has 0 atom stereocenters. The van der Waals surface area contributed by atoms with E-state index in [0.29, 0.717) is 30.9 Å². The topological polar surface area (TPSA) is 56.5 Å². The summed E-state index contributed by atoms with van der Waals surface area (Å²) in [5, 5.41) is 18.7. The zero-order chi connectivity index (χ0) is 20.3. The van der Waals surface area contributed by atoms with Crippen LogP contribution in [-0.4, -0.2) is 36.3 Å². The minimum absolute atomic E-state index is 0.0683. The van der Waals surface area contributed by atoms with Gasteiger partial charge >= 0.3 is 0 Å². The lowest BCUT2D eigenvalue weighted by molar-refractivity contribution is 0.161. The molecule has 29 heavy (non-hydrogen) atoms. The molecule has 0 bridgehead atoms. The van der Waals surface area contributed by atoms with E-state index in [0.717, 1.165) is 6.54 Å². The zero-order valence-corrected chi connectivity index (χ0v) is 16.4. The number of hydrogen-bond acceptors (Lipinski definition) is 4. The van der Waals surface area contributed by atoms with E-state index in [-0.39, 0.29) is 12.6 Å². The Balaban J connectivity index is 1.81.